The lowest BCUT2D eigenvalue weighted by molar-refractivity contribution is 0.0730. The van der Waals surface area contributed by atoms with E-state index in [1.54, 1.807) is 0 Å². The SMILES string of the molecule is COc1ccc(S(=O)(=O)N2CCOCC2)cc1C(=O)N[C@H]1CCCc2ccccc21. The Morgan fingerprint density at radius 2 is 1.93 bits per heavy atom. The zero-order chi connectivity index (χ0) is 21.1. The fourth-order valence-electron chi connectivity index (χ4n) is 4.10. The van der Waals surface area contributed by atoms with Crippen molar-refractivity contribution < 1.29 is 22.7 Å². The van der Waals surface area contributed by atoms with Gasteiger partial charge in [-0.25, -0.2) is 8.42 Å². The van der Waals surface area contributed by atoms with Gasteiger partial charge >= 0.3 is 0 Å². The molecule has 0 aromatic heterocycles. The van der Waals surface area contributed by atoms with Crippen molar-refractivity contribution in [3.05, 3.63) is 59.2 Å². The van der Waals surface area contributed by atoms with Gasteiger partial charge in [0.05, 0.1) is 36.8 Å². The summed E-state index contributed by atoms with van der Waals surface area (Å²) in [6, 6.07) is 12.4. The summed E-state index contributed by atoms with van der Waals surface area (Å²) in [6.07, 6.45) is 2.83. The average molecular weight is 431 g/mol. The lowest BCUT2D eigenvalue weighted by Crippen LogP contribution is -2.40. The first-order valence-corrected chi connectivity index (χ1v) is 11.6. The summed E-state index contributed by atoms with van der Waals surface area (Å²) in [4.78, 5) is 13.2. The molecule has 1 atom stereocenters. The molecule has 2 aromatic rings. The Kier molecular flexibility index (Phi) is 6.08. The van der Waals surface area contributed by atoms with E-state index < -0.39 is 10.0 Å². The van der Waals surface area contributed by atoms with E-state index in [0.29, 0.717) is 32.1 Å². The number of sulfonamides is 1. The van der Waals surface area contributed by atoms with E-state index in [1.807, 2.05) is 18.2 Å². The van der Waals surface area contributed by atoms with Crippen LogP contribution in [0.5, 0.6) is 5.75 Å². The first kappa shape index (κ1) is 20.8. The Morgan fingerprint density at radius 3 is 2.70 bits per heavy atom. The van der Waals surface area contributed by atoms with Gasteiger partial charge in [0.2, 0.25) is 10.0 Å². The maximum absolute atomic E-state index is 13.1. The molecule has 7 nitrogen and oxygen atoms in total. The van der Waals surface area contributed by atoms with Crippen LogP contribution in [0.4, 0.5) is 0 Å². The molecule has 1 heterocycles. The second kappa shape index (κ2) is 8.75. The van der Waals surface area contributed by atoms with Gasteiger partial charge in [0.15, 0.2) is 0 Å². The van der Waals surface area contributed by atoms with Crippen LogP contribution in [0.2, 0.25) is 0 Å². The summed E-state index contributed by atoms with van der Waals surface area (Å²) in [6.45, 7) is 1.33. The molecule has 2 aromatic carbocycles. The van der Waals surface area contributed by atoms with Gasteiger partial charge in [-0.2, -0.15) is 4.31 Å². The topological polar surface area (TPSA) is 84.9 Å². The van der Waals surface area contributed by atoms with E-state index >= 15 is 0 Å². The van der Waals surface area contributed by atoms with Gasteiger partial charge < -0.3 is 14.8 Å². The number of nitrogens with one attached hydrogen (secondary N) is 1. The number of morpholine rings is 1. The molecule has 160 valence electrons. The van der Waals surface area contributed by atoms with E-state index in [1.165, 1.54) is 35.2 Å². The minimum atomic E-state index is -3.71. The Bertz CT molecular complexity index is 1030. The number of aryl methyl sites for hydroxylation is 1. The van der Waals surface area contributed by atoms with Crippen molar-refractivity contribution in [2.75, 3.05) is 33.4 Å². The molecule has 0 saturated carbocycles. The zero-order valence-corrected chi connectivity index (χ0v) is 17.8. The fourth-order valence-corrected chi connectivity index (χ4v) is 5.54. The van der Waals surface area contributed by atoms with E-state index in [2.05, 4.69) is 11.4 Å². The van der Waals surface area contributed by atoms with E-state index in [0.717, 1.165) is 24.8 Å². The normalized spacial score (nSPS) is 19.7. The quantitative estimate of drug-likeness (QED) is 0.788. The van der Waals surface area contributed by atoms with Gasteiger partial charge in [0.1, 0.15) is 5.75 Å². The summed E-state index contributed by atoms with van der Waals surface area (Å²) in [5.74, 6) is 0.00472. The van der Waals surface area contributed by atoms with Gasteiger partial charge in [-0.1, -0.05) is 24.3 Å². The largest absolute Gasteiger partial charge is 0.496 e. The van der Waals surface area contributed by atoms with E-state index in [4.69, 9.17) is 9.47 Å². The molecule has 4 rings (SSSR count). The second-order valence-corrected chi connectivity index (χ2v) is 9.43. The van der Waals surface area contributed by atoms with Gasteiger partial charge in [-0.3, -0.25) is 4.79 Å². The minimum absolute atomic E-state index is 0.0828. The number of carbonyl (C=O) groups is 1. The van der Waals surface area contributed by atoms with E-state index in [-0.39, 0.29) is 22.4 Å². The molecular weight excluding hydrogens is 404 g/mol. The molecular formula is C22H26N2O5S. The Balaban J connectivity index is 1.62. The molecule has 1 aliphatic heterocycles. The number of fused-ring (bicyclic) bond motifs is 1. The highest BCUT2D eigenvalue weighted by molar-refractivity contribution is 7.89. The van der Waals surface area contributed by atoms with Crippen LogP contribution in [0.15, 0.2) is 47.4 Å². The first-order valence-electron chi connectivity index (χ1n) is 10.2. The zero-order valence-electron chi connectivity index (χ0n) is 17.0. The van der Waals surface area contributed by atoms with Crippen molar-refractivity contribution in [3.63, 3.8) is 0 Å². The monoisotopic (exact) mass is 430 g/mol. The molecule has 0 unspecified atom stereocenters. The van der Waals surface area contributed by atoms with Crippen molar-refractivity contribution in [1.29, 1.82) is 0 Å². The average Bonchev–Trinajstić information content (AvgIpc) is 2.79. The summed E-state index contributed by atoms with van der Waals surface area (Å²) < 4.78 is 38.0. The van der Waals surface area contributed by atoms with Gasteiger partial charge in [-0.05, 0) is 48.6 Å². The highest BCUT2D eigenvalue weighted by Gasteiger charge is 2.29. The smallest absolute Gasteiger partial charge is 0.255 e. The molecule has 1 aliphatic carbocycles. The number of ether oxygens (including phenoxy) is 2. The van der Waals surface area contributed by atoms with Crippen LogP contribution in [-0.2, 0) is 21.2 Å². The van der Waals surface area contributed by atoms with Crippen LogP contribution in [0, 0.1) is 0 Å². The third-order valence-electron chi connectivity index (χ3n) is 5.70. The Hall–Kier alpha value is -2.42. The lowest BCUT2D eigenvalue weighted by Gasteiger charge is -2.27. The van der Waals surface area contributed by atoms with Crippen LogP contribution in [0.3, 0.4) is 0 Å². The second-order valence-electron chi connectivity index (χ2n) is 7.50. The van der Waals surface area contributed by atoms with E-state index in [9.17, 15) is 13.2 Å². The number of hydrogen-bond acceptors (Lipinski definition) is 5. The number of hydrogen-bond donors (Lipinski definition) is 1. The van der Waals surface area contributed by atoms with Crippen molar-refractivity contribution >= 4 is 15.9 Å². The van der Waals surface area contributed by atoms with Crippen molar-refractivity contribution in [1.82, 2.24) is 9.62 Å². The van der Waals surface area contributed by atoms with Crippen LogP contribution in [0.25, 0.3) is 0 Å². The molecule has 1 fully saturated rings. The molecule has 0 bridgehead atoms. The number of methoxy groups -OCH3 is 1. The highest BCUT2D eigenvalue weighted by atomic mass is 32.2. The maximum Gasteiger partial charge on any atom is 0.255 e. The Morgan fingerprint density at radius 1 is 1.17 bits per heavy atom. The summed E-state index contributed by atoms with van der Waals surface area (Å²) in [7, 11) is -2.24. The van der Waals surface area contributed by atoms with Crippen LogP contribution >= 0.6 is 0 Å². The third-order valence-corrected chi connectivity index (χ3v) is 7.59. The predicted octanol–water partition coefficient (Wildman–Crippen LogP) is 2.52. The van der Waals surface area contributed by atoms with Crippen LogP contribution in [0.1, 0.15) is 40.4 Å². The maximum atomic E-state index is 13.1. The standard InChI is InChI=1S/C22H26N2O5S/c1-28-21-10-9-17(30(26,27)24-11-13-29-14-12-24)15-19(21)22(25)23-20-8-4-6-16-5-2-3-7-18(16)20/h2-3,5,7,9-10,15,20H,4,6,8,11-14H2,1H3,(H,23,25)/t20-/m0/s1. The third kappa shape index (κ3) is 4.08. The van der Waals surface area contributed by atoms with Gasteiger partial charge in [-0.15, -0.1) is 0 Å². The van der Waals surface area contributed by atoms with Crippen LogP contribution in [-0.4, -0.2) is 52.0 Å². The van der Waals surface area contributed by atoms with Crippen molar-refractivity contribution in [2.45, 2.75) is 30.2 Å². The molecule has 1 amide bonds. The number of benzene rings is 2. The van der Waals surface area contributed by atoms with Crippen LogP contribution < -0.4 is 10.1 Å². The highest BCUT2D eigenvalue weighted by Crippen LogP contribution is 2.31. The van der Waals surface area contributed by atoms with Crippen molar-refractivity contribution in [2.24, 2.45) is 0 Å². The summed E-state index contributed by atoms with van der Waals surface area (Å²) in [5, 5.41) is 3.08. The molecule has 1 saturated heterocycles. The van der Waals surface area contributed by atoms with Gasteiger partial charge in [0, 0.05) is 13.1 Å². The number of amides is 1. The lowest BCUT2D eigenvalue weighted by atomic mass is 9.87. The molecule has 2 aliphatic rings. The molecule has 1 N–H and O–H groups in total. The van der Waals surface area contributed by atoms with Crippen molar-refractivity contribution in [3.8, 4) is 5.75 Å². The molecule has 0 radical (unpaired) electrons. The van der Waals surface area contributed by atoms with Gasteiger partial charge in [0.25, 0.3) is 5.91 Å². The number of nitrogens with zero attached hydrogens (tertiary/aromatic N) is 1. The summed E-state index contributed by atoms with van der Waals surface area (Å²) in [5.41, 5.74) is 2.58. The minimum Gasteiger partial charge on any atom is -0.496 e. The molecule has 8 heteroatoms. The molecule has 0 spiro atoms. The summed E-state index contributed by atoms with van der Waals surface area (Å²) >= 11 is 0. The number of carbonyl (C=O) groups excluding carboxylic acids is 1. The first-order chi connectivity index (χ1) is 14.5. The fraction of sp³-hybridized carbons (Fsp3) is 0.409. The number of rotatable bonds is 5. The molecule has 30 heavy (non-hydrogen) atoms. The predicted molar refractivity (Wildman–Crippen MR) is 112 cm³/mol. The Labute approximate surface area is 177 Å².